The van der Waals surface area contributed by atoms with Gasteiger partial charge >= 0.3 is 5.97 Å². The van der Waals surface area contributed by atoms with Crippen molar-refractivity contribution < 1.29 is 14.1 Å². The lowest BCUT2D eigenvalue weighted by Gasteiger charge is -2.26. The highest BCUT2D eigenvalue weighted by Crippen LogP contribution is 2.40. The molecule has 0 heterocycles. The van der Waals surface area contributed by atoms with Gasteiger partial charge in [0.2, 0.25) is 7.29 Å². The summed E-state index contributed by atoms with van der Waals surface area (Å²) in [6, 6.07) is 17.8. The predicted molar refractivity (Wildman–Crippen MR) is 98.2 cm³/mol. The molecule has 0 saturated carbocycles. The van der Waals surface area contributed by atoms with Crippen LogP contribution in [0, 0.1) is 5.92 Å². The zero-order valence-electron chi connectivity index (χ0n) is 14.3. The van der Waals surface area contributed by atoms with E-state index in [1.807, 2.05) is 74.5 Å². The smallest absolute Gasteiger partial charge is 0.323 e. The summed E-state index contributed by atoms with van der Waals surface area (Å²) in [5.74, 6) is -0.127. The molecule has 2 aromatic carbocycles. The molecule has 1 atom stereocenters. The van der Waals surface area contributed by atoms with Gasteiger partial charge in [0.05, 0.1) is 7.11 Å². The maximum atomic E-state index is 13.9. The maximum absolute atomic E-state index is 13.9. The van der Waals surface area contributed by atoms with Crippen LogP contribution in [0.4, 0.5) is 0 Å². The fourth-order valence-corrected chi connectivity index (χ4v) is 5.04. The Kier molecular flexibility index (Phi) is 6.36. The summed E-state index contributed by atoms with van der Waals surface area (Å²) in [7, 11) is -1.80. The third kappa shape index (κ3) is 4.34. The zero-order chi connectivity index (χ0) is 17.6. The Labute approximate surface area is 143 Å². The second kappa shape index (κ2) is 8.27. The highest BCUT2D eigenvalue weighted by atomic mass is 31.2. The van der Waals surface area contributed by atoms with Gasteiger partial charge in [-0.15, -0.1) is 0 Å². The molecule has 2 aromatic rings. The molecular weight excluding hydrogens is 321 g/mol. The van der Waals surface area contributed by atoms with Crippen molar-refractivity contribution in [1.29, 1.82) is 0 Å². The summed E-state index contributed by atoms with van der Waals surface area (Å²) in [6.45, 7) is 4.04. The molecule has 0 aliphatic heterocycles. The van der Waals surface area contributed by atoms with Crippen molar-refractivity contribution >= 4 is 23.9 Å². The number of hydrogen-bond donors (Lipinski definition) is 1. The van der Waals surface area contributed by atoms with Gasteiger partial charge in [-0.25, -0.2) is 5.09 Å². The molecule has 0 radical (unpaired) electrons. The fourth-order valence-electron chi connectivity index (χ4n) is 2.61. The van der Waals surface area contributed by atoms with Crippen LogP contribution in [0.1, 0.15) is 20.3 Å². The number of ether oxygens (including phenoxy) is 1. The van der Waals surface area contributed by atoms with Gasteiger partial charge in [0, 0.05) is 10.6 Å². The second-order valence-corrected chi connectivity index (χ2v) is 8.62. The molecule has 4 nitrogen and oxygen atoms in total. The molecule has 128 valence electrons. The Morgan fingerprint density at radius 2 is 1.46 bits per heavy atom. The predicted octanol–water partition coefficient (Wildman–Crippen LogP) is 3.09. The lowest BCUT2D eigenvalue weighted by Crippen LogP contribution is -2.41. The first kappa shape index (κ1) is 18.4. The number of hydrogen-bond acceptors (Lipinski definition) is 3. The third-order valence-corrected chi connectivity index (χ3v) is 6.50. The molecule has 2 rings (SSSR count). The lowest BCUT2D eigenvalue weighted by atomic mass is 10.1. The van der Waals surface area contributed by atoms with Crippen molar-refractivity contribution in [3.05, 3.63) is 60.7 Å². The van der Waals surface area contributed by atoms with Crippen molar-refractivity contribution in [3.63, 3.8) is 0 Å². The van der Waals surface area contributed by atoms with Gasteiger partial charge < -0.3 is 4.74 Å². The minimum absolute atomic E-state index is 0.265. The highest BCUT2D eigenvalue weighted by Gasteiger charge is 2.33. The van der Waals surface area contributed by atoms with Gasteiger partial charge in [-0.05, 0) is 36.6 Å². The van der Waals surface area contributed by atoms with Gasteiger partial charge in [0.15, 0.2) is 0 Å². The Morgan fingerprint density at radius 1 is 1.00 bits per heavy atom. The van der Waals surface area contributed by atoms with Crippen LogP contribution in [0.15, 0.2) is 60.7 Å². The van der Waals surface area contributed by atoms with Crippen LogP contribution in [0.3, 0.4) is 0 Å². The van der Waals surface area contributed by atoms with E-state index < -0.39 is 19.3 Å². The van der Waals surface area contributed by atoms with Crippen molar-refractivity contribution in [2.24, 2.45) is 5.92 Å². The number of esters is 1. The molecule has 0 saturated heterocycles. The van der Waals surface area contributed by atoms with E-state index in [0.29, 0.717) is 17.0 Å². The molecule has 0 spiro atoms. The molecule has 1 N–H and O–H groups in total. The van der Waals surface area contributed by atoms with Gasteiger partial charge in [0.1, 0.15) is 6.04 Å². The fraction of sp³-hybridized carbons (Fsp3) is 0.316. The van der Waals surface area contributed by atoms with E-state index in [2.05, 4.69) is 5.09 Å². The van der Waals surface area contributed by atoms with Crippen LogP contribution < -0.4 is 15.7 Å². The van der Waals surface area contributed by atoms with Crippen LogP contribution in [0.5, 0.6) is 0 Å². The van der Waals surface area contributed by atoms with E-state index >= 15 is 0 Å². The quantitative estimate of drug-likeness (QED) is 0.619. The Bertz CT molecular complexity index is 658. The van der Waals surface area contributed by atoms with E-state index in [9.17, 15) is 9.36 Å². The van der Waals surface area contributed by atoms with Crippen LogP contribution in [0.2, 0.25) is 0 Å². The van der Waals surface area contributed by atoms with Gasteiger partial charge in [-0.1, -0.05) is 50.2 Å². The standard InChI is InChI=1S/C19H24NO3P/c1-15(2)14-18(19(21)23-3)20-24(22,16-10-6-4-7-11-16)17-12-8-5-9-13-17/h4-13,15,18H,14H2,1-3H3,(H,20,22). The van der Waals surface area contributed by atoms with Crippen molar-refractivity contribution in [1.82, 2.24) is 5.09 Å². The normalized spacial score (nSPS) is 12.8. The van der Waals surface area contributed by atoms with Crippen molar-refractivity contribution in [2.75, 3.05) is 7.11 Å². The third-order valence-electron chi connectivity index (χ3n) is 3.77. The number of rotatable bonds is 7. The van der Waals surface area contributed by atoms with E-state index in [1.54, 1.807) is 0 Å². The zero-order valence-corrected chi connectivity index (χ0v) is 15.2. The minimum atomic E-state index is -3.15. The average molecular weight is 345 g/mol. The first-order valence-electron chi connectivity index (χ1n) is 8.04. The number of methoxy groups -OCH3 is 1. The van der Waals surface area contributed by atoms with Crippen molar-refractivity contribution in [3.8, 4) is 0 Å². The van der Waals surface area contributed by atoms with Gasteiger partial charge in [-0.3, -0.25) is 9.36 Å². The summed E-state index contributed by atoms with van der Waals surface area (Å²) in [5.41, 5.74) is 0. The molecule has 0 aliphatic rings. The topological polar surface area (TPSA) is 55.4 Å². The first-order chi connectivity index (χ1) is 11.5. The summed E-state index contributed by atoms with van der Waals surface area (Å²) >= 11 is 0. The largest absolute Gasteiger partial charge is 0.468 e. The van der Waals surface area contributed by atoms with Crippen LogP contribution in [-0.4, -0.2) is 19.1 Å². The van der Waals surface area contributed by atoms with Crippen LogP contribution in [0.25, 0.3) is 0 Å². The number of carbonyl (C=O) groups is 1. The van der Waals surface area contributed by atoms with E-state index in [0.717, 1.165) is 0 Å². The van der Waals surface area contributed by atoms with Crippen LogP contribution in [-0.2, 0) is 14.1 Å². The van der Waals surface area contributed by atoms with Crippen molar-refractivity contribution in [2.45, 2.75) is 26.3 Å². The summed E-state index contributed by atoms with van der Waals surface area (Å²) in [6.07, 6.45) is 0.552. The molecule has 0 fully saturated rings. The Hall–Kier alpha value is -1.90. The molecule has 1 unspecified atom stereocenters. The molecule has 0 aliphatic carbocycles. The van der Waals surface area contributed by atoms with E-state index in [-0.39, 0.29) is 5.92 Å². The number of benzene rings is 2. The highest BCUT2D eigenvalue weighted by molar-refractivity contribution is 7.77. The first-order valence-corrected chi connectivity index (χ1v) is 9.75. The lowest BCUT2D eigenvalue weighted by molar-refractivity contribution is -0.143. The number of carbonyl (C=O) groups excluding carboxylic acids is 1. The number of nitrogens with one attached hydrogen (secondary N) is 1. The Morgan fingerprint density at radius 3 is 1.83 bits per heavy atom. The molecule has 24 heavy (non-hydrogen) atoms. The average Bonchev–Trinajstić information content (AvgIpc) is 2.61. The monoisotopic (exact) mass is 345 g/mol. The summed E-state index contributed by atoms with van der Waals surface area (Å²) < 4.78 is 18.8. The summed E-state index contributed by atoms with van der Waals surface area (Å²) in [4.78, 5) is 12.2. The minimum Gasteiger partial charge on any atom is -0.468 e. The van der Waals surface area contributed by atoms with Crippen LogP contribution >= 0.6 is 7.29 Å². The Balaban J connectivity index is 2.47. The molecule has 0 aromatic heterocycles. The maximum Gasteiger partial charge on any atom is 0.323 e. The van der Waals surface area contributed by atoms with Gasteiger partial charge in [-0.2, -0.15) is 0 Å². The van der Waals surface area contributed by atoms with E-state index in [1.165, 1.54) is 7.11 Å². The molecular formula is C19H24NO3P. The molecule has 5 heteroatoms. The van der Waals surface area contributed by atoms with E-state index in [4.69, 9.17) is 4.74 Å². The SMILES string of the molecule is COC(=O)C(CC(C)C)NP(=O)(c1ccccc1)c1ccccc1. The molecule has 0 amide bonds. The summed E-state index contributed by atoms with van der Waals surface area (Å²) in [5, 5.41) is 4.48. The second-order valence-electron chi connectivity index (χ2n) is 6.11. The van der Waals surface area contributed by atoms with Gasteiger partial charge in [0.25, 0.3) is 0 Å². The molecule has 0 bridgehead atoms.